The van der Waals surface area contributed by atoms with E-state index in [0.717, 1.165) is 23.7 Å². The number of carbonyl (C=O) groups is 1. The van der Waals surface area contributed by atoms with E-state index in [9.17, 15) is 4.79 Å². The van der Waals surface area contributed by atoms with Crippen LogP contribution < -0.4 is 19.5 Å². The molecule has 2 heterocycles. The third-order valence-corrected chi connectivity index (χ3v) is 6.07. The molecule has 2 amide bonds. The van der Waals surface area contributed by atoms with E-state index >= 15 is 0 Å². The molecule has 2 aromatic rings. The van der Waals surface area contributed by atoms with Crippen molar-refractivity contribution in [2.24, 2.45) is 0 Å². The molecule has 0 aliphatic carbocycles. The van der Waals surface area contributed by atoms with E-state index in [0.29, 0.717) is 29.8 Å². The molecule has 142 valence electrons. The number of thioether (sulfide) groups is 1. The lowest BCUT2D eigenvalue weighted by molar-refractivity contribution is 0.174. The van der Waals surface area contributed by atoms with Crippen LogP contribution in [-0.2, 0) is 0 Å². The maximum atomic E-state index is 12.7. The van der Waals surface area contributed by atoms with E-state index in [2.05, 4.69) is 17.4 Å². The SMILES string of the molecule is COc1ccccc1NC(=O)N1CCSC(c2ccc3c(c2)OCO3)CC1. The Hall–Kier alpha value is -2.54. The molecule has 4 rings (SSSR count). The highest BCUT2D eigenvalue weighted by atomic mass is 32.2. The Morgan fingerprint density at radius 3 is 2.93 bits per heavy atom. The molecule has 0 saturated carbocycles. The zero-order valence-corrected chi connectivity index (χ0v) is 16.0. The van der Waals surface area contributed by atoms with Crippen molar-refractivity contribution in [2.45, 2.75) is 11.7 Å². The smallest absolute Gasteiger partial charge is 0.321 e. The van der Waals surface area contributed by atoms with Gasteiger partial charge in [-0.05, 0) is 36.2 Å². The first kappa shape index (κ1) is 17.9. The molecule has 1 unspecified atom stereocenters. The largest absolute Gasteiger partial charge is 0.495 e. The average molecular weight is 386 g/mol. The van der Waals surface area contributed by atoms with E-state index in [1.807, 2.05) is 47.0 Å². The van der Waals surface area contributed by atoms with E-state index in [4.69, 9.17) is 14.2 Å². The van der Waals surface area contributed by atoms with Gasteiger partial charge in [-0.15, -0.1) is 0 Å². The van der Waals surface area contributed by atoms with Crippen LogP contribution in [0.2, 0.25) is 0 Å². The Labute approximate surface area is 162 Å². The second-order valence-corrected chi connectivity index (χ2v) is 7.69. The van der Waals surface area contributed by atoms with Gasteiger partial charge in [0.25, 0.3) is 0 Å². The quantitative estimate of drug-likeness (QED) is 0.859. The molecule has 1 saturated heterocycles. The standard InChI is InChI=1S/C20H22N2O4S/c1-24-16-5-3-2-4-15(16)21-20(23)22-9-8-19(27-11-10-22)14-6-7-17-18(12-14)26-13-25-17/h2-7,12,19H,8-11,13H2,1H3,(H,21,23). The zero-order chi connectivity index (χ0) is 18.6. The minimum atomic E-state index is -0.0913. The van der Waals surface area contributed by atoms with E-state index in [1.165, 1.54) is 5.56 Å². The fraction of sp³-hybridized carbons (Fsp3) is 0.350. The number of amides is 2. The molecule has 0 spiro atoms. The summed E-state index contributed by atoms with van der Waals surface area (Å²) in [5.74, 6) is 3.16. The Balaban J connectivity index is 1.40. The Morgan fingerprint density at radius 2 is 2.04 bits per heavy atom. The van der Waals surface area contributed by atoms with Gasteiger partial charge in [0.15, 0.2) is 11.5 Å². The fourth-order valence-corrected chi connectivity index (χ4v) is 4.52. The predicted molar refractivity (Wildman–Crippen MR) is 106 cm³/mol. The van der Waals surface area contributed by atoms with Crippen LogP contribution in [0.3, 0.4) is 0 Å². The number of anilines is 1. The summed E-state index contributed by atoms with van der Waals surface area (Å²) < 4.78 is 16.2. The number of hydrogen-bond donors (Lipinski definition) is 1. The van der Waals surface area contributed by atoms with Crippen LogP contribution in [0.25, 0.3) is 0 Å². The van der Waals surface area contributed by atoms with Gasteiger partial charge in [-0.1, -0.05) is 18.2 Å². The van der Waals surface area contributed by atoms with Crippen molar-refractivity contribution in [3.05, 3.63) is 48.0 Å². The van der Waals surface area contributed by atoms with Crippen molar-refractivity contribution < 1.29 is 19.0 Å². The highest BCUT2D eigenvalue weighted by molar-refractivity contribution is 7.99. The first-order chi connectivity index (χ1) is 13.2. The van der Waals surface area contributed by atoms with Crippen molar-refractivity contribution in [3.8, 4) is 17.2 Å². The Morgan fingerprint density at radius 1 is 1.19 bits per heavy atom. The molecule has 2 aliphatic heterocycles. The molecule has 27 heavy (non-hydrogen) atoms. The molecule has 1 atom stereocenters. The molecule has 0 radical (unpaired) electrons. The van der Waals surface area contributed by atoms with Gasteiger partial charge in [0.1, 0.15) is 5.75 Å². The highest BCUT2D eigenvalue weighted by Crippen LogP contribution is 2.40. The molecule has 6 nitrogen and oxygen atoms in total. The summed E-state index contributed by atoms with van der Waals surface area (Å²) in [6.45, 7) is 1.70. The van der Waals surface area contributed by atoms with Crippen molar-refractivity contribution >= 4 is 23.5 Å². The van der Waals surface area contributed by atoms with Gasteiger partial charge in [-0.25, -0.2) is 4.79 Å². The maximum Gasteiger partial charge on any atom is 0.321 e. The molecule has 0 bridgehead atoms. The minimum Gasteiger partial charge on any atom is -0.495 e. The van der Waals surface area contributed by atoms with Crippen LogP contribution in [0.5, 0.6) is 17.2 Å². The predicted octanol–water partition coefficient (Wildman–Crippen LogP) is 4.14. The number of rotatable bonds is 3. The fourth-order valence-electron chi connectivity index (χ4n) is 3.29. The zero-order valence-electron chi connectivity index (χ0n) is 15.1. The molecule has 1 N–H and O–H groups in total. The lowest BCUT2D eigenvalue weighted by Crippen LogP contribution is -2.36. The van der Waals surface area contributed by atoms with E-state index in [-0.39, 0.29) is 12.8 Å². The lowest BCUT2D eigenvalue weighted by atomic mass is 10.1. The molecule has 7 heteroatoms. The van der Waals surface area contributed by atoms with Crippen molar-refractivity contribution in [1.82, 2.24) is 4.90 Å². The van der Waals surface area contributed by atoms with Gasteiger partial charge in [0.2, 0.25) is 6.79 Å². The number of hydrogen-bond acceptors (Lipinski definition) is 5. The Kier molecular flexibility index (Phi) is 5.29. The van der Waals surface area contributed by atoms with Crippen LogP contribution in [0.15, 0.2) is 42.5 Å². The summed E-state index contributed by atoms with van der Waals surface area (Å²) in [5.41, 5.74) is 1.91. The lowest BCUT2D eigenvalue weighted by Gasteiger charge is -2.21. The van der Waals surface area contributed by atoms with E-state index < -0.39 is 0 Å². The first-order valence-corrected chi connectivity index (χ1v) is 9.99. The third kappa shape index (κ3) is 3.93. The number of para-hydroxylation sites is 2. The van der Waals surface area contributed by atoms with Crippen LogP contribution >= 0.6 is 11.8 Å². The molecule has 2 aromatic carbocycles. The molecular weight excluding hydrogens is 364 g/mol. The number of carbonyl (C=O) groups excluding carboxylic acids is 1. The second kappa shape index (κ2) is 8.00. The van der Waals surface area contributed by atoms with Gasteiger partial charge in [0.05, 0.1) is 12.8 Å². The van der Waals surface area contributed by atoms with Gasteiger partial charge in [-0.2, -0.15) is 11.8 Å². The summed E-state index contributed by atoms with van der Waals surface area (Å²) >= 11 is 1.87. The van der Waals surface area contributed by atoms with Crippen molar-refractivity contribution in [3.63, 3.8) is 0 Å². The van der Waals surface area contributed by atoms with Crippen LogP contribution in [0.1, 0.15) is 17.2 Å². The Bertz CT molecular complexity index is 829. The average Bonchev–Trinajstić information content (AvgIpc) is 3.02. The van der Waals surface area contributed by atoms with Gasteiger partial charge >= 0.3 is 6.03 Å². The topological polar surface area (TPSA) is 60.0 Å². The summed E-state index contributed by atoms with van der Waals surface area (Å²) in [6, 6.07) is 13.5. The number of methoxy groups -OCH3 is 1. The van der Waals surface area contributed by atoms with Crippen molar-refractivity contribution in [1.29, 1.82) is 0 Å². The molecule has 1 fully saturated rings. The summed E-state index contributed by atoms with van der Waals surface area (Å²) in [7, 11) is 1.60. The summed E-state index contributed by atoms with van der Waals surface area (Å²) in [5, 5.41) is 3.30. The molecule has 2 aliphatic rings. The van der Waals surface area contributed by atoms with Crippen LogP contribution in [0.4, 0.5) is 10.5 Å². The van der Waals surface area contributed by atoms with Gasteiger partial charge in [-0.3, -0.25) is 0 Å². The molecule has 0 aromatic heterocycles. The normalized spacial score (nSPS) is 18.7. The number of urea groups is 1. The second-order valence-electron chi connectivity index (χ2n) is 6.38. The maximum absolute atomic E-state index is 12.7. The number of fused-ring (bicyclic) bond motifs is 1. The third-order valence-electron chi connectivity index (χ3n) is 4.75. The number of nitrogens with zero attached hydrogens (tertiary/aromatic N) is 1. The number of nitrogens with one attached hydrogen (secondary N) is 1. The monoisotopic (exact) mass is 386 g/mol. The minimum absolute atomic E-state index is 0.0913. The van der Waals surface area contributed by atoms with E-state index in [1.54, 1.807) is 7.11 Å². The highest BCUT2D eigenvalue weighted by Gasteiger charge is 2.24. The number of benzene rings is 2. The van der Waals surface area contributed by atoms with Gasteiger partial charge in [0, 0.05) is 24.1 Å². The van der Waals surface area contributed by atoms with Gasteiger partial charge < -0.3 is 24.4 Å². The molecular formula is C20H22N2O4S. The van der Waals surface area contributed by atoms with Crippen LogP contribution in [0, 0.1) is 0 Å². The summed E-state index contributed by atoms with van der Waals surface area (Å²) in [6.07, 6.45) is 0.893. The first-order valence-electron chi connectivity index (χ1n) is 8.94. The van der Waals surface area contributed by atoms with Crippen molar-refractivity contribution in [2.75, 3.05) is 38.1 Å². The van der Waals surface area contributed by atoms with Crippen LogP contribution in [-0.4, -0.2) is 43.7 Å². The number of ether oxygens (including phenoxy) is 3. The summed E-state index contributed by atoms with van der Waals surface area (Å²) in [4.78, 5) is 14.6.